The van der Waals surface area contributed by atoms with Gasteiger partial charge in [-0.3, -0.25) is 14.0 Å². The Balaban J connectivity index is 1.70. The van der Waals surface area contributed by atoms with Crippen LogP contribution in [0, 0.1) is 19.3 Å². The first-order valence-corrected chi connectivity index (χ1v) is 11.6. The number of hydrogen-bond donors (Lipinski definition) is 1. The molecule has 10 heteroatoms. The standard InChI is InChI=1S/C25H23ClFN7O/c1-14-18-12-17(7-9-20(18)31-32(14)3)34-23(26)22(25(35)33-10-4-5-16(28)13-33)30-24(34)15-6-8-21(29-2)19(27)11-15/h6-9,11-12,16H,4-5,10,13,28H2,1,3H3/t16-/m1/s1. The van der Waals surface area contributed by atoms with E-state index < -0.39 is 5.82 Å². The number of rotatable bonds is 3. The quantitative estimate of drug-likeness (QED) is 0.423. The molecule has 178 valence electrons. The minimum absolute atomic E-state index is 0.0773. The van der Waals surface area contributed by atoms with Gasteiger partial charge in [0.2, 0.25) is 5.69 Å². The van der Waals surface area contributed by atoms with Crippen LogP contribution in [-0.4, -0.2) is 49.3 Å². The molecule has 35 heavy (non-hydrogen) atoms. The average molecular weight is 492 g/mol. The van der Waals surface area contributed by atoms with Gasteiger partial charge >= 0.3 is 0 Å². The van der Waals surface area contributed by atoms with E-state index in [1.54, 1.807) is 20.2 Å². The van der Waals surface area contributed by atoms with Gasteiger partial charge in [0, 0.05) is 48.5 Å². The Hall–Kier alpha value is -3.74. The van der Waals surface area contributed by atoms with E-state index in [4.69, 9.17) is 23.9 Å². The number of fused-ring (bicyclic) bond motifs is 1. The number of hydrogen-bond acceptors (Lipinski definition) is 4. The summed E-state index contributed by atoms with van der Waals surface area (Å²) in [4.78, 5) is 22.9. The first kappa shape index (κ1) is 23.0. The summed E-state index contributed by atoms with van der Waals surface area (Å²) < 4.78 is 18.0. The van der Waals surface area contributed by atoms with Crippen LogP contribution in [0.4, 0.5) is 10.1 Å². The highest BCUT2D eigenvalue weighted by atomic mass is 35.5. The molecular formula is C25H23ClFN7O. The molecule has 1 amide bonds. The van der Waals surface area contributed by atoms with Crippen molar-refractivity contribution in [3.8, 4) is 17.1 Å². The van der Waals surface area contributed by atoms with Gasteiger partial charge in [0.1, 0.15) is 16.8 Å². The number of halogens is 2. The van der Waals surface area contributed by atoms with E-state index in [9.17, 15) is 9.18 Å². The molecule has 0 bridgehead atoms. The Morgan fingerprint density at radius 3 is 2.80 bits per heavy atom. The van der Waals surface area contributed by atoms with E-state index in [0.717, 1.165) is 29.4 Å². The lowest BCUT2D eigenvalue weighted by Gasteiger charge is -2.30. The molecule has 8 nitrogen and oxygen atoms in total. The number of nitrogens with zero attached hydrogens (tertiary/aromatic N) is 6. The number of nitrogens with two attached hydrogens (primary N) is 1. The number of imidazole rings is 1. The van der Waals surface area contributed by atoms with Crippen LogP contribution in [0.5, 0.6) is 0 Å². The largest absolute Gasteiger partial charge is 0.336 e. The second-order valence-corrected chi connectivity index (χ2v) is 9.11. The maximum Gasteiger partial charge on any atom is 0.275 e. The third-order valence-electron chi connectivity index (χ3n) is 6.47. The zero-order valence-electron chi connectivity index (χ0n) is 19.3. The second-order valence-electron chi connectivity index (χ2n) is 8.75. The fourth-order valence-corrected chi connectivity index (χ4v) is 4.80. The normalized spacial score (nSPS) is 16.0. The number of benzene rings is 2. The van der Waals surface area contributed by atoms with E-state index in [-0.39, 0.29) is 28.5 Å². The summed E-state index contributed by atoms with van der Waals surface area (Å²) in [6, 6.07) is 9.76. The van der Waals surface area contributed by atoms with Crippen molar-refractivity contribution in [3.05, 3.63) is 70.2 Å². The van der Waals surface area contributed by atoms with Crippen LogP contribution in [0.2, 0.25) is 5.15 Å². The Labute approximate surface area is 206 Å². The van der Waals surface area contributed by atoms with Gasteiger partial charge in [-0.15, -0.1) is 0 Å². The van der Waals surface area contributed by atoms with Gasteiger partial charge < -0.3 is 10.6 Å². The summed E-state index contributed by atoms with van der Waals surface area (Å²) in [5.41, 5.74) is 8.90. The zero-order valence-corrected chi connectivity index (χ0v) is 20.1. The second kappa shape index (κ2) is 8.80. The summed E-state index contributed by atoms with van der Waals surface area (Å²) in [5.74, 6) is -0.686. The highest BCUT2D eigenvalue weighted by Crippen LogP contribution is 2.34. The summed E-state index contributed by atoms with van der Waals surface area (Å²) in [6.07, 6.45) is 1.66. The molecule has 1 fully saturated rings. The Bertz CT molecular complexity index is 1520. The van der Waals surface area contributed by atoms with Crippen LogP contribution in [0.25, 0.3) is 32.8 Å². The lowest BCUT2D eigenvalue weighted by atomic mass is 10.1. The fourth-order valence-electron chi connectivity index (χ4n) is 4.50. The zero-order chi connectivity index (χ0) is 24.9. The fraction of sp³-hybridized carbons (Fsp3) is 0.280. The third kappa shape index (κ3) is 3.95. The molecule has 0 radical (unpaired) electrons. The molecule has 1 atom stereocenters. The van der Waals surface area contributed by atoms with Crippen LogP contribution in [0.1, 0.15) is 29.0 Å². The summed E-state index contributed by atoms with van der Waals surface area (Å²) in [5, 5.41) is 5.54. The lowest BCUT2D eigenvalue weighted by molar-refractivity contribution is 0.0703. The van der Waals surface area contributed by atoms with E-state index in [2.05, 4.69) is 14.9 Å². The Morgan fingerprint density at radius 2 is 2.09 bits per heavy atom. The molecule has 4 aromatic rings. The molecular weight excluding hydrogens is 469 g/mol. The van der Waals surface area contributed by atoms with E-state index in [0.29, 0.717) is 30.2 Å². The first-order valence-electron chi connectivity index (χ1n) is 11.2. The SMILES string of the molecule is [C-]#[N+]c1ccc(-c2nc(C(=O)N3CCC[C@@H](N)C3)c(Cl)n2-c2ccc3nn(C)c(C)c3c2)cc1F. The monoisotopic (exact) mass is 491 g/mol. The van der Waals surface area contributed by atoms with E-state index >= 15 is 0 Å². The van der Waals surface area contributed by atoms with Crippen LogP contribution >= 0.6 is 11.6 Å². The molecule has 2 aromatic heterocycles. The van der Waals surface area contributed by atoms with Crippen molar-refractivity contribution in [1.82, 2.24) is 24.2 Å². The number of carbonyl (C=O) groups excluding carboxylic acids is 1. The van der Waals surface area contributed by atoms with Crippen molar-refractivity contribution < 1.29 is 9.18 Å². The molecule has 0 aliphatic carbocycles. The molecule has 1 saturated heterocycles. The predicted octanol–water partition coefficient (Wildman–Crippen LogP) is 4.64. The van der Waals surface area contributed by atoms with Crippen LogP contribution in [0.3, 0.4) is 0 Å². The minimum Gasteiger partial charge on any atom is -0.336 e. The molecule has 2 aromatic carbocycles. The van der Waals surface area contributed by atoms with Crippen molar-refractivity contribution in [1.29, 1.82) is 0 Å². The van der Waals surface area contributed by atoms with Gasteiger partial charge in [-0.2, -0.15) is 5.10 Å². The van der Waals surface area contributed by atoms with Crippen LogP contribution in [0.15, 0.2) is 36.4 Å². The molecule has 5 rings (SSSR count). The molecule has 1 aliphatic heterocycles. The lowest BCUT2D eigenvalue weighted by Crippen LogP contribution is -2.45. The maximum absolute atomic E-state index is 14.6. The molecule has 3 heterocycles. The number of amides is 1. The number of carbonyl (C=O) groups is 1. The predicted molar refractivity (Wildman–Crippen MR) is 132 cm³/mol. The molecule has 1 aliphatic rings. The van der Waals surface area contributed by atoms with Gasteiger partial charge in [0.15, 0.2) is 5.69 Å². The van der Waals surface area contributed by atoms with E-state index in [1.807, 2.05) is 32.2 Å². The summed E-state index contributed by atoms with van der Waals surface area (Å²) in [7, 11) is 1.87. The molecule has 2 N–H and O–H groups in total. The van der Waals surface area contributed by atoms with Crippen LogP contribution in [-0.2, 0) is 7.05 Å². The average Bonchev–Trinajstić information content (AvgIpc) is 3.34. The highest BCUT2D eigenvalue weighted by Gasteiger charge is 2.29. The number of aryl methyl sites for hydroxylation is 2. The summed E-state index contributed by atoms with van der Waals surface area (Å²) >= 11 is 6.82. The number of aromatic nitrogens is 4. The topological polar surface area (TPSA) is 86.3 Å². The smallest absolute Gasteiger partial charge is 0.275 e. The minimum atomic E-state index is -0.670. The maximum atomic E-state index is 14.6. The van der Waals surface area contributed by atoms with Crippen molar-refractivity contribution in [2.75, 3.05) is 13.1 Å². The van der Waals surface area contributed by atoms with Gasteiger partial charge in [-0.1, -0.05) is 23.7 Å². The number of likely N-dealkylation sites (tertiary alicyclic amines) is 1. The first-order chi connectivity index (χ1) is 16.8. The van der Waals surface area contributed by atoms with Crippen molar-refractivity contribution in [3.63, 3.8) is 0 Å². The van der Waals surface area contributed by atoms with E-state index in [1.165, 1.54) is 12.1 Å². The molecule has 0 unspecified atom stereocenters. The Kier molecular flexibility index (Phi) is 5.79. The molecule has 0 saturated carbocycles. The van der Waals surface area contributed by atoms with Crippen LogP contribution < -0.4 is 5.73 Å². The van der Waals surface area contributed by atoms with Gasteiger partial charge in [0.05, 0.1) is 12.1 Å². The van der Waals surface area contributed by atoms with Gasteiger partial charge in [-0.05, 0) is 44.0 Å². The van der Waals surface area contributed by atoms with Gasteiger partial charge in [-0.25, -0.2) is 14.2 Å². The third-order valence-corrected chi connectivity index (χ3v) is 6.81. The van der Waals surface area contributed by atoms with Gasteiger partial charge in [0.25, 0.3) is 5.91 Å². The van der Waals surface area contributed by atoms with Crippen molar-refractivity contribution in [2.45, 2.75) is 25.8 Å². The van der Waals surface area contributed by atoms with Crippen molar-refractivity contribution in [2.24, 2.45) is 12.8 Å². The van der Waals surface area contributed by atoms with Crippen molar-refractivity contribution >= 4 is 34.1 Å². The molecule has 0 spiro atoms. The highest BCUT2D eigenvalue weighted by molar-refractivity contribution is 6.33. The Morgan fingerprint density at radius 1 is 1.29 bits per heavy atom. The summed E-state index contributed by atoms with van der Waals surface area (Å²) in [6.45, 7) is 10.1. The number of piperidine rings is 1.